The van der Waals surface area contributed by atoms with Gasteiger partial charge in [-0.3, -0.25) is 4.79 Å². The van der Waals surface area contributed by atoms with E-state index in [0.717, 1.165) is 34.0 Å². The molecule has 0 bridgehead atoms. The number of aryl methyl sites for hydroxylation is 3. The summed E-state index contributed by atoms with van der Waals surface area (Å²) in [7, 11) is 1.62. The van der Waals surface area contributed by atoms with Gasteiger partial charge in [-0.15, -0.1) is 0 Å². The first kappa shape index (κ1) is 22.3. The fourth-order valence-electron chi connectivity index (χ4n) is 4.11. The number of rotatable bonds is 6. The van der Waals surface area contributed by atoms with Crippen LogP contribution in [0.15, 0.2) is 65.2 Å². The Hall–Kier alpha value is -4.46. The Balaban J connectivity index is 1.39. The smallest absolute Gasteiger partial charge is 0.259 e. The van der Waals surface area contributed by atoms with Gasteiger partial charge in [0.2, 0.25) is 0 Å². The van der Waals surface area contributed by atoms with Crippen LogP contribution in [0.4, 0.5) is 0 Å². The van der Waals surface area contributed by atoms with Crippen molar-refractivity contribution >= 4 is 17.0 Å². The van der Waals surface area contributed by atoms with Crippen molar-refractivity contribution in [3.63, 3.8) is 0 Å². The molecule has 8 heteroatoms. The van der Waals surface area contributed by atoms with E-state index in [1.54, 1.807) is 20.1 Å². The average Bonchev–Trinajstić information content (AvgIpc) is 3.43. The molecule has 0 saturated carbocycles. The van der Waals surface area contributed by atoms with Crippen LogP contribution in [0, 0.1) is 20.8 Å². The number of fused-ring (bicyclic) bond motifs is 1. The second-order valence-corrected chi connectivity index (χ2v) is 8.42. The minimum Gasteiger partial charge on any atom is -0.497 e. The van der Waals surface area contributed by atoms with Crippen LogP contribution >= 0.6 is 0 Å². The number of nitrogens with one attached hydrogen (secondary N) is 1. The van der Waals surface area contributed by atoms with Gasteiger partial charge >= 0.3 is 0 Å². The minimum absolute atomic E-state index is 0.221. The Labute approximate surface area is 202 Å². The number of nitrogens with zero attached hydrogens (tertiary/aromatic N) is 4. The molecule has 176 valence electrons. The molecule has 0 radical (unpaired) electrons. The van der Waals surface area contributed by atoms with Crippen LogP contribution in [0.5, 0.6) is 5.75 Å². The predicted molar refractivity (Wildman–Crippen MR) is 133 cm³/mol. The van der Waals surface area contributed by atoms with Gasteiger partial charge in [-0.25, -0.2) is 9.67 Å². The number of ether oxygens (including phenoxy) is 1. The standard InChI is InChI=1S/C27H25N5O3/c1-16-13-17(2)32(30-16)21-9-5-19(6-10-21)15-28-26(33)23-14-24(20-7-11-22(34-4)12-8-20)29-27-25(23)18(3)31-35-27/h5-14H,15H2,1-4H3,(H,28,33). The predicted octanol–water partition coefficient (Wildman–Crippen LogP) is 4.94. The van der Waals surface area contributed by atoms with E-state index >= 15 is 0 Å². The van der Waals surface area contributed by atoms with Crippen LogP contribution in [-0.4, -0.2) is 32.9 Å². The van der Waals surface area contributed by atoms with Gasteiger partial charge in [0.1, 0.15) is 5.75 Å². The number of hydrogen-bond donors (Lipinski definition) is 1. The molecule has 8 nitrogen and oxygen atoms in total. The number of aromatic nitrogens is 4. The molecule has 5 rings (SSSR count). The maximum absolute atomic E-state index is 13.3. The summed E-state index contributed by atoms with van der Waals surface area (Å²) >= 11 is 0. The number of methoxy groups -OCH3 is 1. The summed E-state index contributed by atoms with van der Waals surface area (Å²) in [5, 5.41) is 12.2. The van der Waals surface area contributed by atoms with E-state index in [1.807, 2.05) is 73.1 Å². The summed E-state index contributed by atoms with van der Waals surface area (Å²) in [6, 6.07) is 19.3. The molecule has 1 N–H and O–H groups in total. The quantitative estimate of drug-likeness (QED) is 0.380. The zero-order chi connectivity index (χ0) is 24.5. The zero-order valence-corrected chi connectivity index (χ0v) is 20.0. The number of benzene rings is 2. The molecule has 0 aliphatic rings. The molecule has 0 unspecified atom stereocenters. The van der Waals surface area contributed by atoms with Crippen molar-refractivity contribution in [2.75, 3.05) is 7.11 Å². The first-order valence-corrected chi connectivity index (χ1v) is 11.2. The van der Waals surface area contributed by atoms with Gasteiger partial charge < -0.3 is 14.6 Å². The van der Waals surface area contributed by atoms with Gasteiger partial charge in [0.25, 0.3) is 11.6 Å². The fourth-order valence-corrected chi connectivity index (χ4v) is 4.11. The van der Waals surface area contributed by atoms with Crippen LogP contribution in [0.3, 0.4) is 0 Å². The summed E-state index contributed by atoms with van der Waals surface area (Å²) in [5.41, 5.74) is 6.88. The summed E-state index contributed by atoms with van der Waals surface area (Å²) in [6.07, 6.45) is 0. The highest BCUT2D eigenvalue weighted by atomic mass is 16.5. The summed E-state index contributed by atoms with van der Waals surface area (Å²) in [4.78, 5) is 17.8. The Morgan fingerprint density at radius 2 is 1.77 bits per heavy atom. The molecule has 0 fully saturated rings. The van der Waals surface area contributed by atoms with Gasteiger partial charge in [-0.05, 0) is 74.9 Å². The van der Waals surface area contributed by atoms with Gasteiger partial charge in [-0.1, -0.05) is 17.3 Å². The van der Waals surface area contributed by atoms with Crippen molar-refractivity contribution in [2.24, 2.45) is 0 Å². The van der Waals surface area contributed by atoms with E-state index in [1.165, 1.54) is 0 Å². The summed E-state index contributed by atoms with van der Waals surface area (Å²) in [6.45, 7) is 6.18. The molecule has 1 amide bonds. The first-order valence-electron chi connectivity index (χ1n) is 11.2. The van der Waals surface area contributed by atoms with Crippen LogP contribution in [-0.2, 0) is 6.54 Å². The zero-order valence-electron chi connectivity index (χ0n) is 20.0. The summed E-state index contributed by atoms with van der Waals surface area (Å²) < 4.78 is 12.5. The molecule has 0 saturated heterocycles. The van der Waals surface area contributed by atoms with Crippen LogP contribution < -0.4 is 10.1 Å². The minimum atomic E-state index is -0.221. The van der Waals surface area contributed by atoms with Crippen LogP contribution in [0.2, 0.25) is 0 Å². The summed E-state index contributed by atoms with van der Waals surface area (Å²) in [5.74, 6) is 0.522. The highest BCUT2D eigenvalue weighted by Crippen LogP contribution is 2.28. The number of carbonyl (C=O) groups is 1. The Morgan fingerprint density at radius 1 is 1.03 bits per heavy atom. The van der Waals surface area contributed by atoms with E-state index in [2.05, 4.69) is 20.6 Å². The topological polar surface area (TPSA) is 95.1 Å². The molecule has 5 aromatic rings. The van der Waals surface area contributed by atoms with Crippen molar-refractivity contribution in [3.8, 4) is 22.7 Å². The lowest BCUT2D eigenvalue weighted by Gasteiger charge is -2.10. The van der Waals surface area contributed by atoms with E-state index in [0.29, 0.717) is 34.6 Å². The number of pyridine rings is 1. The molecular formula is C27H25N5O3. The SMILES string of the molecule is COc1ccc(-c2cc(C(=O)NCc3ccc(-n4nc(C)cc4C)cc3)c3c(C)noc3n2)cc1. The van der Waals surface area contributed by atoms with Gasteiger partial charge in [-0.2, -0.15) is 5.10 Å². The second-order valence-electron chi connectivity index (χ2n) is 8.42. The number of hydrogen-bond acceptors (Lipinski definition) is 6. The molecule has 3 aromatic heterocycles. The van der Waals surface area contributed by atoms with Gasteiger partial charge in [0.05, 0.1) is 40.8 Å². The van der Waals surface area contributed by atoms with Crippen molar-refractivity contribution in [1.82, 2.24) is 25.2 Å². The third-order valence-corrected chi connectivity index (χ3v) is 5.89. The second kappa shape index (κ2) is 9.06. The van der Waals surface area contributed by atoms with Crippen molar-refractivity contribution in [3.05, 3.63) is 88.9 Å². The average molecular weight is 468 g/mol. The fraction of sp³-hybridized carbons (Fsp3) is 0.185. The maximum atomic E-state index is 13.3. The molecule has 0 aliphatic heterocycles. The van der Waals surface area contributed by atoms with E-state index in [-0.39, 0.29) is 5.91 Å². The van der Waals surface area contributed by atoms with Crippen molar-refractivity contribution in [1.29, 1.82) is 0 Å². The molecule has 35 heavy (non-hydrogen) atoms. The maximum Gasteiger partial charge on any atom is 0.259 e. The van der Waals surface area contributed by atoms with E-state index < -0.39 is 0 Å². The Kier molecular flexibility index (Phi) is 5.78. The molecular weight excluding hydrogens is 442 g/mol. The first-order chi connectivity index (χ1) is 16.9. The normalized spacial score (nSPS) is 11.1. The number of carbonyl (C=O) groups excluding carboxylic acids is 1. The largest absolute Gasteiger partial charge is 0.497 e. The number of amides is 1. The highest BCUT2D eigenvalue weighted by Gasteiger charge is 2.19. The van der Waals surface area contributed by atoms with Crippen molar-refractivity contribution in [2.45, 2.75) is 27.3 Å². The highest BCUT2D eigenvalue weighted by molar-refractivity contribution is 6.07. The van der Waals surface area contributed by atoms with Gasteiger partial charge in [0.15, 0.2) is 0 Å². The van der Waals surface area contributed by atoms with Crippen LogP contribution in [0.1, 0.15) is 33.0 Å². The van der Waals surface area contributed by atoms with Crippen LogP contribution in [0.25, 0.3) is 28.0 Å². The lowest BCUT2D eigenvalue weighted by atomic mass is 10.0. The molecule has 3 heterocycles. The third-order valence-electron chi connectivity index (χ3n) is 5.89. The van der Waals surface area contributed by atoms with E-state index in [9.17, 15) is 4.79 Å². The van der Waals surface area contributed by atoms with E-state index in [4.69, 9.17) is 9.26 Å². The molecule has 0 spiro atoms. The monoisotopic (exact) mass is 467 g/mol. The molecule has 2 aromatic carbocycles. The van der Waals surface area contributed by atoms with Gasteiger partial charge in [0, 0.05) is 17.8 Å². The van der Waals surface area contributed by atoms with Crippen molar-refractivity contribution < 1.29 is 14.1 Å². The lowest BCUT2D eigenvalue weighted by molar-refractivity contribution is 0.0952. The Bertz CT molecular complexity index is 1520. The Morgan fingerprint density at radius 3 is 2.43 bits per heavy atom. The molecule has 0 aliphatic carbocycles. The lowest BCUT2D eigenvalue weighted by Crippen LogP contribution is -2.23. The third kappa shape index (κ3) is 4.38. The molecule has 0 atom stereocenters.